The molecule has 0 saturated carbocycles. The fourth-order valence-corrected chi connectivity index (χ4v) is 3.13. The van der Waals surface area contributed by atoms with Crippen molar-refractivity contribution in [3.05, 3.63) is 63.2 Å². The van der Waals surface area contributed by atoms with E-state index < -0.39 is 0 Å². The van der Waals surface area contributed by atoms with Gasteiger partial charge in [0.15, 0.2) is 0 Å². The molecule has 5 nitrogen and oxygen atoms in total. The molecule has 0 unspecified atom stereocenters. The van der Waals surface area contributed by atoms with Crippen LogP contribution in [0.2, 0.25) is 0 Å². The first-order valence-electron chi connectivity index (χ1n) is 8.92. The summed E-state index contributed by atoms with van der Waals surface area (Å²) in [5, 5.41) is 7.05. The molecule has 27 heavy (non-hydrogen) atoms. The largest absolute Gasteiger partial charge is 0.326 e. The highest BCUT2D eigenvalue weighted by molar-refractivity contribution is 14.1. The zero-order valence-electron chi connectivity index (χ0n) is 15.6. The van der Waals surface area contributed by atoms with Crippen LogP contribution in [-0.2, 0) is 16.0 Å². The van der Waals surface area contributed by atoms with Gasteiger partial charge in [-0.1, -0.05) is 37.3 Å². The van der Waals surface area contributed by atoms with Crippen molar-refractivity contribution < 1.29 is 9.59 Å². The van der Waals surface area contributed by atoms with Gasteiger partial charge < -0.3 is 5.32 Å². The van der Waals surface area contributed by atoms with Gasteiger partial charge in [0.05, 0.1) is 0 Å². The van der Waals surface area contributed by atoms with E-state index in [1.165, 1.54) is 0 Å². The van der Waals surface area contributed by atoms with Crippen molar-refractivity contribution >= 4 is 45.8 Å². The van der Waals surface area contributed by atoms with E-state index in [0.717, 1.165) is 32.5 Å². The van der Waals surface area contributed by atoms with Crippen LogP contribution in [0.1, 0.15) is 37.3 Å². The van der Waals surface area contributed by atoms with Gasteiger partial charge in [-0.2, -0.15) is 5.10 Å². The lowest BCUT2D eigenvalue weighted by Crippen LogP contribution is -2.22. The fourth-order valence-electron chi connectivity index (χ4n) is 2.48. The lowest BCUT2D eigenvalue weighted by molar-refractivity contribution is -0.124. The van der Waals surface area contributed by atoms with E-state index in [0.29, 0.717) is 6.42 Å². The number of anilines is 1. The highest BCUT2D eigenvalue weighted by Crippen LogP contribution is 2.18. The van der Waals surface area contributed by atoms with Crippen LogP contribution in [0.3, 0.4) is 0 Å². The number of nitrogens with one attached hydrogen (secondary N) is 2. The quantitative estimate of drug-likeness (QED) is 0.335. The first kappa shape index (κ1) is 21.1. The SMILES string of the molecule is CCC(Cc1ccccc1)=NNC(=O)CCC(=O)Nc1ccc(I)cc1C. The van der Waals surface area contributed by atoms with Crippen molar-refractivity contribution in [2.24, 2.45) is 5.10 Å². The summed E-state index contributed by atoms with van der Waals surface area (Å²) >= 11 is 2.23. The molecule has 0 heterocycles. The second-order valence-electron chi connectivity index (χ2n) is 6.24. The van der Waals surface area contributed by atoms with Crippen molar-refractivity contribution in [2.45, 2.75) is 39.5 Å². The van der Waals surface area contributed by atoms with E-state index in [2.05, 4.69) is 38.4 Å². The maximum atomic E-state index is 12.1. The number of hydrogen-bond donors (Lipinski definition) is 2. The van der Waals surface area contributed by atoms with Crippen LogP contribution < -0.4 is 10.7 Å². The van der Waals surface area contributed by atoms with Crippen LogP contribution >= 0.6 is 22.6 Å². The van der Waals surface area contributed by atoms with E-state index in [1.807, 2.05) is 62.4 Å². The number of carbonyl (C=O) groups is 2. The van der Waals surface area contributed by atoms with Crippen LogP contribution in [0.25, 0.3) is 0 Å². The van der Waals surface area contributed by atoms with Gasteiger partial charge in [0.25, 0.3) is 0 Å². The third-order valence-electron chi connectivity index (χ3n) is 4.04. The van der Waals surface area contributed by atoms with Gasteiger partial charge in [-0.3, -0.25) is 9.59 Å². The number of hydrogen-bond acceptors (Lipinski definition) is 3. The molecular formula is C21H24IN3O2. The van der Waals surface area contributed by atoms with E-state index in [-0.39, 0.29) is 24.7 Å². The van der Waals surface area contributed by atoms with Crippen LogP contribution in [0.4, 0.5) is 5.69 Å². The number of nitrogens with zero attached hydrogens (tertiary/aromatic N) is 1. The number of aryl methyl sites for hydroxylation is 1. The van der Waals surface area contributed by atoms with Crippen molar-refractivity contribution in [2.75, 3.05) is 5.32 Å². The van der Waals surface area contributed by atoms with Gasteiger partial charge in [0.1, 0.15) is 0 Å². The molecule has 0 atom stereocenters. The molecular weight excluding hydrogens is 453 g/mol. The molecule has 2 N–H and O–H groups in total. The molecule has 2 rings (SSSR count). The van der Waals surface area contributed by atoms with Crippen LogP contribution in [0.15, 0.2) is 53.6 Å². The summed E-state index contributed by atoms with van der Waals surface area (Å²) in [6, 6.07) is 15.8. The molecule has 0 spiro atoms. The van der Waals surface area contributed by atoms with Crippen LogP contribution in [-0.4, -0.2) is 17.5 Å². The predicted molar refractivity (Wildman–Crippen MR) is 118 cm³/mol. The van der Waals surface area contributed by atoms with E-state index in [9.17, 15) is 9.59 Å². The number of carbonyl (C=O) groups excluding carboxylic acids is 2. The van der Waals surface area contributed by atoms with Gasteiger partial charge >= 0.3 is 0 Å². The Balaban J connectivity index is 1.79. The van der Waals surface area contributed by atoms with Crippen LogP contribution in [0, 0.1) is 10.5 Å². The first-order valence-corrected chi connectivity index (χ1v) is 10.00. The van der Waals surface area contributed by atoms with Crippen LogP contribution in [0.5, 0.6) is 0 Å². The molecule has 0 saturated heterocycles. The Morgan fingerprint density at radius 3 is 2.41 bits per heavy atom. The zero-order chi connectivity index (χ0) is 19.6. The van der Waals surface area contributed by atoms with Gasteiger partial charge in [-0.25, -0.2) is 5.43 Å². The average Bonchev–Trinajstić information content (AvgIpc) is 2.66. The van der Waals surface area contributed by atoms with Crippen molar-refractivity contribution in [3.63, 3.8) is 0 Å². The van der Waals surface area contributed by atoms with Gasteiger partial charge in [0, 0.05) is 34.2 Å². The number of amides is 2. The van der Waals surface area contributed by atoms with Crippen molar-refractivity contribution in [3.8, 4) is 0 Å². The first-order chi connectivity index (χ1) is 13.0. The minimum atomic E-state index is -0.261. The normalized spacial score (nSPS) is 11.1. The van der Waals surface area contributed by atoms with E-state index in [4.69, 9.17) is 0 Å². The van der Waals surface area contributed by atoms with E-state index in [1.54, 1.807) is 0 Å². The Labute approximate surface area is 173 Å². The fraction of sp³-hybridized carbons (Fsp3) is 0.286. The molecule has 142 valence electrons. The second kappa shape index (κ2) is 10.8. The molecule has 2 aromatic carbocycles. The standard InChI is InChI=1S/C21H24IN3O2/c1-3-18(14-16-7-5-4-6-8-16)24-25-21(27)12-11-20(26)23-19-10-9-17(22)13-15(19)2/h4-10,13H,3,11-12,14H2,1-2H3,(H,23,26)(H,25,27). The number of hydrazone groups is 1. The molecule has 0 aromatic heterocycles. The van der Waals surface area contributed by atoms with Gasteiger partial charge in [0.2, 0.25) is 11.8 Å². The summed E-state index contributed by atoms with van der Waals surface area (Å²) < 4.78 is 1.11. The third-order valence-corrected chi connectivity index (χ3v) is 4.71. The van der Waals surface area contributed by atoms with Crippen molar-refractivity contribution in [1.29, 1.82) is 0 Å². The molecule has 0 fully saturated rings. The molecule has 2 aromatic rings. The number of rotatable bonds is 8. The summed E-state index contributed by atoms with van der Waals surface area (Å²) in [5.41, 5.74) is 6.38. The maximum Gasteiger partial charge on any atom is 0.240 e. The summed E-state index contributed by atoms with van der Waals surface area (Å²) in [4.78, 5) is 24.0. The van der Waals surface area contributed by atoms with Gasteiger partial charge in [-0.05, 0) is 65.3 Å². The number of halogens is 1. The lowest BCUT2D eigenvalue weighted by Gasteiger charge is -2.09. The summed E-state index contributed by atoms with van der Waals surface area (Å²) in [5.74, 6) is -0.443. The molecule has 2 amide bonds. The Bertz CT molecular complexity index is 819. The Morgan fingerprint density at radius 1 is 1.04 bits per heavy atom. The Hall–Kier alpha value is -2.22. The monoisotopic (exact) mass is 477 g/mol. The Morgan fingerprint density at radius 2 is 1.74 bits per heavy atom. The van der Waals surface area contributed by atoms with E-state index >= 15 is 0 Å². The van der Waals surface area contributed by atoms with Crippen molar-refractivity contribution in [1.82, 2.24) is 5.43 Å². The second-order valence-corrected chi connectivity index (χ2v) is 7.48. The highest BCUT2D eigenvalue weighted by Gasteiger charge is 2.09. The molecule has 0 aliphatic carbocycles. The smallest absolute Gasteiger partial charge is 0.240 e. The topological polar surface area (TPSA) is 70.6 Å². The van der Waals surface area contributed by atoms with Gasteiger partial charge in [-0.15, -0.1) is 0 Å². The maximum absolute atomic E-state index is 12.1. The Kier molecular flexibility index (Phi) is 8.44. The molecule has 0 aliphatic rings. The summed E-state index contributed by atoms with van der Waals surface area (Å²) in [7, 11) is 0. The minimum Gasteiger partial charge on any atom is -0.326 e. The molecule has 0 bridgehead atoms. The number of benzene rings is 2. The minimum absolute atomic E-state index is 0.0983. The highest BCUT2D eigenvalue weighted by atomic mass is 127. The summed E-state index contributed by atoms with van der Waals surface area (Å²) in [6.07, 6.45) is 1.67. The summed E-state index contributed by atoms with van der Waals surface area (Å²) in [6.45, 7) is 3.95. The molecule has 6 heteroatoms. The third kappa shape index (κ3) is 7.50. The predicted octanol–water partition coefficient (Wildman–Crippen LogP) is 4.44. The molecule has 0 radical (unpaired) electrons. The molecule has 0 aliphatic heterocycles. The zero-order valence-corrected chi connectivity index (χ0v) is 17.7. The average molecular weight is 477 g/mol. The lowest BCUT2D eigenvalue weighted by atomic mass is 10.1.